The first-order valence-corrected chi connectivity index (χ1v) is 52.3. The molecule has 0 spiro atoms. The summed E-state index contributed by atoms with van der Waals surface area (Å²) in [7, 11) is 0. The average Bonchev–Trinajstić information content (AvgIpc) is 1.64. The number of carbonyl (C=O) groups is 4. The number of nitrogens with zero attached hydrogens (tertiary/aromatic N) is 10. The second-order valence-electron chi connectivity index (χ2n) is 39.4. The first kappa shape index (κ1) is 107. The molecule has 8 N–H and O–H groups in total. The van der Waals surface area contributed by atoms with Gasteiger partial charge in [0.25, 0.3) is 0 Å². The third kappa shape index (κ3) is 30.2. The van der Waals surface area contributed by atoms with Crippen LogP contribution in [0.4, 0.5) is 13.2 Å². The fourth-order valence-electron chi connectivity index (χ4n) is 20.9. The van der Waals surface area contributed by atoms with Crippen LogP contribution in [-0.4, -0.2) is 200 Å². The fourth-order valence-corrected chi connectivity index (χ4v) is 21.1. The maximum absolute atomic E-state index is 13.8. The highest BCUT2D eigenvalue weighted by Crippen LogP contribution is 2.37. The summed E-state index contributed by atoms with van der Waals surface area (Å²) in [5, 5.41) is 65.1. The zero-order valence-corrected chi connectivity index (χ0v) is 85.5. The van der Waals surface area contributed by atoms with E-state index in [9.17, 15) is 43.2 Å². The van der Waals surface area contributed by atoms with Crippen molar-refractivity contribution in [1.82, 2.24) is 58.0 Å². The van der Waals surface area contributed by atoms with Crippen LogP contribution < -0.4 is 10.6 Å². The maximum atomic E-state index is 13.8. The van der Waals surface area contributed by atoms with Crippen LogP contribution in [0.1, 0.15) is 196 Å². The Morgan fingerprint density at radius 3 is 0.869 bits per heavy atom. The first-order valence-electron chi connectivity index (χ1n) is 51.5. The molecule has 20 rings (SSSR count). The Bertz CT molecular complexity index is 6540. The smallest absolute Gasteiger partial charge is 0.414 e. The van der Waals surface area contributed by atoms with Gasteiger partial charge >= 0.3 is 11.9 Å². The van der Waals surface area contributed by atoms with Crippen LogP contribution in [0, 0.1) is 17.5 Å². The molecule has 2 atom stereocenters. The minimum atomic E-state index is -1.82. The quantitative estimate of drug-likeness (QED) is 0.0212. The van der Waals surface area contributed by atoms with E-state index in [1.165, 1.54) is 84.0 Å². The first-order chi connectivity index (χ1) is 70.3. The van der Waals surface area contributed by atoms with Crippen molar-refractivity contribution in [3.05, 3.63) is 357 Å². The van der Waals surface area contributed by atoms with E-state index in [-0.39, 0.29) is 42.5 Å². The zero-order valence-electron chi connectivity index (χ0n) is 83.9. The molecule has 0 aliphatic carbocycles. The van der Waals surface area contributed by atoms with Gasteiger partial charge in [0, 0.05) is 218 Å². The second-order valence-corrected chi connectivity index (χ2v) is 40.3. The molecule has 764 valence electrons. The van der Waals surface area contributed by atoms with Gasteiger partial charge in [0.1, 0.15) is 17.5 Å². The van der Waals surface area contributed by atoms with E-state index in [0.29, 0.717) is 43.3 Å². The Labute approximate surface area is 857 Å². The van der Waals surface area contributed by atoms with E-state index in [4.69, 9.17) is 19.8 Å². The SMILES string of the molecule is CC(=O)NCc1ccc2ccn(C3CCN(CCc4ccc(Br)cc4)CC3)c2c1.CC(=O)NCc1ccc2ccn(C3CCN(CCc4ccc(C(C)O)cc4)CC3)c2c1.CC(O)c1ccc2ccn(C3CCN(CCc4ccc(F)cc4)CC3)c2c1.O=C(O)C(=O)O.OCc1ccc2ccn(C3CCN(CCc4ccccc4F)CC3)c2c1.OCc1ccc2ccn(C3CCN(CCc4ccccc4F)CC3)c2c1. The summed E-state index contributed by atoms with van der Waals surface area (Å²) in [5.74, 6) is -4.00. The third-order valence-electron chi connectivity index (χ3n) is 29.5. The van der Waals surface area contributed by atoms with Gasteiger partial charge in [-0.1, -0.05) is 162 Å². The molecule has 26 heteroatoms. The van der Waals surface area contributed by atoms with E-state index in [2.05, 4.69) is 244 Å². The van der Waals surface area contributed by atoms with Crippen molar-refractivity contribution in [2.24, 2.45) is 0 Å². The monoisotopic (exact) mass is 2030 g/mol. The molecule has 0 bridgehead atoms. The van der Waals surface area contributed by atoms with Gasteiger partial charge in [-0.2, -0.15) is 0 Å². The van der Waals surface area contributed by atoms with E-state index >= 15 is 0 Å². The Hall–Kier alpha value is -12.3. The maximum Gasteiger partial charge on any atom is 0.414 e. The Kier molecular flexibility index (Phi) is 38.8. The Morgan fingerprint density at radius 1 is 0.324 bits per heavy atom. The number of aliphatic hydroxyl groups excluding tert-OH is 4. The lowest BCUT2D eigenvalue weighted by Crippen LogP contribution is -2.35. The van der Waals surface area contributed by atoms with Gasteiger partial charge < -0.3 is 88.6 Å². The number of piperidine rings is 5. The number of aromatic nitrogens is 5. The fraction of sp³-hybridized carbons (Fsp3) is 0.378. The largest absolute Gasteiger partial charge is 0.473 e. The number of hydrogen-bond acceptors (Lipinski definition) is 13. The van der Waals surface area contributed by atoms with Gasteiger partial charge in [-0.15, -0.1) is 0 Å². The highest BCUT2D eigenvalue weighted by molar-refractivity contribution is 9.10. The van der Waals surface area contributed by atoms with Crippen LogP contribution >= 0.6 is 15.9 Å². The number of aliphatic carboxylic acids is 2. The summed E-state index contributed by atoms with van der Waals surface area (Å²) < 4.78 is 53.7. The van der Waals surface area contributed by atoms with E-state index in [1.54, 1.807) is 57.2 Å². The second kappa shape index (κ2) is 52.7. The number of fused-ring (bicyclic) bond motifs is 5. The zero-order chi connectivity index (χ0) is 102. The van der Waals surface area contributed by atoms with Crippen molar-refractivity contribution in [1.29, 1.82) is 0 Å². The summed E-state index contributed by atoms with van der Waals surface area (Å²) in [5.41, 5.74) is 17.9. The number of likely N-dealkylation sites (tertiary alicyclic amines) is 5. The standard InChI is InChI=1S/C26H33N3O2.C24H28BrN3O.C23H27FN2O.2C22H25FN2O.C2H2O4/c1-19(30)23-6-3-21(4-7-23)9-13-28-14-11-25(12-15-28)29-16-10-24-8-5-22(17-26(24)29)18-27-20(2)31;1-18(29)26-17-20-2-5-21-9-15-28(24(21)16-20)23-10-13-27(14-11-23)12-8-19-3-6-22(25)7-4-19;1-17(27)20-5-4-19-9-15-26(23(19)16-20)22-10-13-25(14-11-22)12-8-18-2-6-21(24)7-3-18;2*23-21-4-2-1-3-18(21)7-11-24-12-9-20(10-13-24)25-14-8-19-6-5-17(16-26)15-22(19)25;3-1(4)2(5)6/h3-8,10,16-17,19,25,30H,9,11-15,18H2,1-2H3,(H,27,31);2-7,9,15-16,23H,8,10-14,17H2,1H3,(H,26,29);2-7,9,15-17,22,27H,8,10-14H2,1H3;2*1-6,8,14-15,20,26H,7,9-13,16H2;(H,3,4)(H,5,6). The van der Waals surface area contributed by atoms with Crippen LogP contribution in [0.3, 0.4) is 0 Å². The lowest BCUT2D eigenvalue weighted by Gasteiger charge is -2.33. The number of carbonyl (C=O) groups excluding carboxylic acids is 2. The Morgan fingerprint density at radius 2 is 0.579 bits per heavy atom. The molecule has 10 heterocycles. The van der Waals surface area contributed by atoms with Crippen LogP contribution in [-0.2, 0) is 77.6 Å². The predicted molar refractivity (Wildman–Crippen MR) is 575 cm³/mol. The van der Waals surface area contributed by atoms with Crippen molar-refractivity contribution >= 4 is 94.2 Å². The molecule has 5 aliphatic heterocycles. The molecule has 0 saturated carbocycles. The van der Waals surface area contributed by atoms with Crippen LogP contribution in [0.15, 0.2) is 278 Å². The van der Waals surface area contributed by atoms with Crippen molar-refractivity contribution in [2.45, 2.75) is 193 Å². The third-order valence-corrected chi connectivity index (χ3v) is 30.0. The van der Waals surface area contributed by atoms with Gasteiger partial charge in [0.2, 0.25) is 11.8 Å². The normalized spacial score (nSPS) is 16.1. The highest BCUT2D eigenvalue weighted by Gasteiger charge is 2.29. The number of aliphatic hydroxyl groups is 4. The highest BCUT2D eigenvalue weighted by atomic mass is 79.9. The molecule has 0 radical (unpaired) electrons. The average molecular weight is 2040 g/mol. The number of halogens is 4. The van der Waals surface area contributed by atoms with Crippen molar-refractivity contribution in [2.75, 3.05) is 98.2 Å². The number of hydrogen-bond donors (Lipinski definition) is 8. The molecule has 2 unspecified atom stereocenters. The molecule has 5 aromatic heterocycles. The number of nitrogens with one attached hydrogen (secondary N) is 2. The molecule has 10 aromatic carbocycles. The lowest BCUT2D eigenvalue weighted by molar-refractivity contribution is -0.159. The van der Waals surface area contributed by atoms with Gasteiger partial charge in [-0.25, -0.2) is 22.8 Å². The molecule has 2 amide bonds. The molecule has 22 nitrogen and oxygen atoms in total. The van der Waals surface area contributed by atoms with Crippen molar-refractivity contribution < 1.29 is 63.0 Å². The molecule has 5 saturated heterocycles. The van der Waals surface area contributed by atoms with E-state index < -0.39 is 24.1 Å². The minimum Gasteiger partial charge on any atom is -0.473 e. The van der Waals surface area contributed by atoms with Gasteiger partial charge in [0.05, 0.1) is 25.4 Å². The number of benzene rings is 10. The van der Waals surface area contributed by atoms with Gasteiger partial charge in [-0.3, -0.25) is 9.59 Å². The number of rotatable bonds is 28. The van der Waals surface area contributed by atoms with Crippen molar-refractivity contribution in [3.8, 4) is 0 Å². The molecular weight excluding hydrogens is 1890 g/mol. The lowest BCUT2D eigenvalue weighted by atomic mass is 10.0. The number of carboxylic acids is 2. The van der Waals surface area contributed by atoms with E-state index in [1.807, 2.05) is 73.7 Å². The predicted octanol–water partition coefficient (Wildman–Crippen LogP) is 21.3. The Balaban J connectivity index is 0.000000134. The summed E-state index contributed by atoms with van der Waals surface area (Å²) in [6.07, 6.45) is 26.1. The van der Waals surface area contributed by atoms with Crippen molar-refractivity contribution in [3.63, 3.8) is 0 Å². The summed E-state index contributed by atoms with van der Waals surface area (Å²) in [6.45, 7) is 24.0. The van der Waals surface area contributed by atoms with Crippen LogP contribution in [0.5, 0.6) is 0 Å². The van der Waals surface area contributed by atoms with Gasteiger partial charge in [0.15, 0.2) is 0 Å². The molecule has 15 aromatic rings. The van der Waals surface area contributed by atoms with Gasteiger partial charge in [-0.05, 0) is 295 Å². The topological polar surface area (TPSA) is 255 Å². The number of amides is 2. The van der Waals surface area contributed by atoms with Crippen LogP contribution in [0.2, 0.25) is 0 Å². The summed E-state index contributed by atoms with van der Waals surface area (Å²) in [6, 6.07) is 83.0. The minimum absolute atomic E-state index is 0.00162. The van der Waals surface area contributed by atoms with E-state index in [0.717, 1.165) is 231 Å². The molecule has 5 aliphatic rings. The number of carboxylic acid groups (broad SMARTS) is 2. The van der Waals surface area contributed by atoms with Crippen LogP contribution in [0.25, 0.3) is 54.5 Å². The summed E-state index contributed by atoms with van der Waals surface area (Å²) >= 11 is 3.50. The summed E-state index contributed by atoms with van der Waals surface area (Å²) in [4.78, 5) is 53.2. The molecule has 145 heavy (non-hydrogen) atoms. The molecular formula is C119H140BrF3N12O10. The molecule has 5 fully saturated rings.